The molecule has 222 valence electrons. The highest BCUT2D eigenvalue weighted by Crippen LogP contribution is 2.32. The van der Waals surface area contributed by atoms with Gasteiger partial charge in [-0.1, -0.05) is 44.2 Å². The number of carbonyl (C=O) groups excluding carboxylic acids is 2. The number of benzene rings is 1. The Hall–Kier alpha value is -3.37. The first kappa shape index (κ1) is 30.6. The van der Waals surface area contributed by atoms with Gasteiger partial charge in [0.25, 0.3) is 5.91 Å². The molecule has 1 fully saturated rings. The fourth-order valence-corrected chi connectivity index (χ4v) is 5.06. The van der Waals surface area contributed by atoms with E-state index >= 15 is 0 Å². The molecule has 1 aromatic carbocycles. The number of nitrogens with one attached hydrogen (secondary N) is 1. The largest absolute Gasteiger partial charge is 0.373 e. The van der Waals surface area contributed by atoms with Crippen molar-refractivity contribution in [2.45, 2.75) is 83.4 Å². The maximum atomic E-state index is 13.4. The van der Waals surface area contributed by atoms with Gasteiger partial charge in [-0.25, -0.2) is 15.0 Å². The Morgan fingerprint density at radius 3 is 2.51 bits per heavy atom. The van der Waals surface area contributed by atoms with Crippen LogP contribution in [-0.4, -0.2) is 70.4 Å². The van der Waals surface area contributed by atoms with E-state index in [9.17, 15) is 9.59 Å². The molecule has 2 amide bonds. The molecular weight excluding hydrogens is 518 g/mol. The molecular formula is C31H45N7O3. The Balaban J connectivity index is 1.29. The van der Waals surface area contributed by atoms with Gasteiger partial charge in [0, 0.05) is 56.5 Å². The van der Waals surface area contributed by atoms with Crippen molar-refractivity contribution < 1.29 is 14.3 Å². The summed E-state index contributed by atoms with van der Waals surface area (Å²) in [5.41, 5.74) is 6.90. The van der Waals surface area contributed by atoms with Crippen molar-refractivity contribution in [2.75, 3.05) is 31.1 Å². The molecule has 41 heavy (non-hydrogen) atoms. The molecule has 1 aromatic heterocycles. The number of amides is 2. The molecule has 2 aliphatic rings. The van der Waals surface area contributed by atoms with E-state index < -0.39 is 5.60 Å². The second-order valence-electron chi connectivity index (χ2n) is 11.7. The van der Waals surface area contributed by atoms with Crippen LogP contribution in [0.15, 0.2) is 47.7 Å². The second kappa shape index (κ2) is 13.5. The highest BCUT2D eigenvalue weighted by molar-refractivity contribution is 5.92. The van der Waals surface area contributed by atoms with Crippen LogP contribution in [0, 0.1) is 5.92 Å². The van der Waals surface area contributed by atoms with Crippen LogP contribution in [0.2, 0.25) is 0 Å². The smallest absolute Gasteiger partial charge is 0.270 e. The fraction of sp³-hybridized carbons (Fsp3) is 0.581. The first-order valence-electron chi connectivity index (χ1n) is 14.8. The number of rotatable bonds is 12. The van der Waals surface area contributed by atoms with Crippen molar-refractivity contribution in [3.63, 3.8) is 0 Å². The molecule has 0 radical (unpaired) electrons. The van der Waals surface area contributed by atoms with E-state index in [-0.39, 0.29) is 29.3 Å². The number of nitrogens with zero attached hydrogens (tertiary/aromatic N) is 5. The molecule has 4 rings (SSSR count). The summed E-state index contributed by atoms with van der Waals surface area (Å²) in [6, 6.07) is 11.6. The zero-order chi connectivity index (χ0) is 29.5. The van der Waals surface area contributed by atoms with Crippen LogP contribution in [0.4, 0.5) is 5.95 Å². The van der Waals surface area contributed by atoms with E-state index in [2.05, 4.69) is 27.3 Å². The summed E-state index contributed by atoms with van der Waals surface area (Å²) in [6.45, 7) is 10.3. The minimum atomic E-state index is -0.497. The van der Waals surface area contributed by atoms with Crippen molar-refractivity contribution >= 4 is 24.0 Å². The first-order chi connectivity index (χ1) is 19.6. The standard InChI is InChI=1S/C31H45N7O3/c1-5-30(3,32)16-21-41-31(4,6-2)22-34-27(39)25-12-17-33-29(36-25)37-19-14-24(15-20-37)28(40)38-26(13-18-35-38)23-10-8-7-9-11-23/h7-12,17-18,24,26H,5-6,13-16,19-22,32H2,1-4H3,(H,34,39). The zero-order valence-corrected chi connectivity index (χ0v) is 24.9. The molecule has 0 spiro atoms. The quantitative estimate of drug-likeness (QED) is 0.398. The summed E-state index contributed by atoms with van der Waals surface area (Å²) in [7, 11) is 0. The number of aromatic nitrogens is 2. The Labute approximate surface area is 243 Å². The first-order valence-corrected chi connectivity index (χ1v) is 14.8. The lowest BCUT2D eigenvalue weighted by Gasteiger charge is -2.34. The van der Waals surface area contributed by atoms with Crippen LogP contribution < -0.4 is 16.0 Å². The van der Waals surface area contributed by atoms with E-state index in [4.69, 9.17) is 10.5 Å². The topological polar surface area (TPSA) is 126 Å². The maximum absolute atomic E-state index is 13.4. The van der Waals surface area contributed by atoms with Gasteiger partial charge in [0.2, 0.25) is 11.9 Å². The molecule has 2 aliphatic heterocycles. The van der Waals surface area contributed by atoms with Gasteiger partial charge in [-0.3, -0.25) is 9.59 Å². The van der Waals surface area contributed by atoms with Gasteiger partial charge in [0.15, 0.2) is 0 Å². The minimum Gasteiger partial charge on any atom is -0.373 e. The zero-order valence-electron chi connectivity index (χ0n) is 24.9. The van der Waals surface area contributed by atoms with Crippen molar-refractivity contribution in [1.29, 1.82) is 0 Å². The van der Waals surface area contributed by atoms with Crippen LogP contribution in [0.3, 0.4) is 0 Å². The lowest BCUT2D eigenvalue weighted by atomic mass is 9.94. The molecule has 3 atom stereocenters. The third-order valence-electron chi connectivity index (χ3n) is 8.54. The SMILES string of the molecule is CCC(C)(N)CCOC(C)(CC)CNC(=O)c1ccnc(N2CCC(C(=O)N3N=CCC3c3ccccc3)CC2)n1. The Morgan fingerprint density at radius 2 is 1.83 bits per heavy atom. The van der Waals surface area contributed by atoms with E-state index in [0.717, 1.165) is 31.2 Å². The third kappa shape index (κ3) is 7.89. The van der Waals surface area contributed by atoms with Gasteiger partial charge in [0.05, 0.1) is 11.6 Å². The molecule has 1 saturated heterocycles. The summed E-state index contributed by atoms with van der Waals surface area (Å²) >= 11 is 0. The van der Waals surface area contributed by atoms with Crippen LogP contribution >= 0.6 is 0 Å². The molecule has 0 bridgehead atoms. The van der Waals surface area contributed by atoms with Crippen molar-refractivity contribution in [3.05, 3.63) is 53.9 Å². The minimum absolute atomic E-state index is 0.0441. The van der Waals surface area contributed by atoms with E-state index in [1.807, 2.05) is 62.2 Å². The van der Waals surface area contributed by atoms with Gasteiger partial charge in [-0.05, 0) is 57.6 Å². The Morgan fingerprint density at radius 1 is 1.10 bits per heavy atom. The average Bonchev–Trinajstić information content (AvgIpc) is 3.50. The molecule has 3 unspecified atom stereocenters. The number of hydrogen-bond acceptors (Lipinski definition) is 8. The number of ether oxygens (including phenoxy) is 1. The molecule has 0 aliphatic carbocycles. The predicted molar refractivity (Wildman–Crippen MR) is 161 cm³/mol. The molecule has 0 saturated carbocycles. The summed E-state index contributed by atoms with van der Waals surface area (Å²) in [5.74, 6) is 0.188. The van der Waals surface area contributed by atoms with Gasteiger partial charge in [-0.15, -0.1) is 0 Å². The monoisotopic (exact) mass is 563 g/mol. The van der Waals surface area contributed by atoms with Gasteiger partial charge in [0.1, 0.15) is 5.69 Å². The summed E-state index contributed by atoms with van der Waals surface area (Å²) in [5, 5.41) is 9.05. The number of hydrazone groups is 1. The normalized spacial score (nSPS) is 20.5. The van der Waals surface area contributed by atoms with Gasteiger partial charge in [-0.2, -0.15) is 5.10 Å². The molecule has 10 heteroatoms. The highest BCUT2D eigenvalue weighted by Gasteiger charge is 2.35. The predicted octanol–water partition coefficient (Wildman–Crippen LogP) is 4.09. The van der Waals surface area contributed by atoms with Crippen LogP contribution in [0.1, 0.15) is 88.3 Å². The van der Waals surface area contributed by atoms with Gasteiger partial charge < -0.3 is 20.7 Å². The number of nitrogens with two attached hydrogens (primary N) is 1. The average molecular weight is 564 g/mol. The maximum Gasteiger partial charge on any atom is 0.270 e. The number of piperidine rings is 1. The summed E-state index contributed by atoms with van der Waals surface area (Å²) in [6.07, 6.45) is 7.90. The molecule has 2 aromatic rings. The summed E-state index contributed by atoms with van der Waals surface area (Å²) in [4.78, 5) is 37.4. The lowest BCUT2D eigenvalue weighted by Crippen LogP contribution is -2.44. The number of hydrogen-bond donors (Lipinski definition) is 2. The van der Waals surface area contributed by atoms with E-state index in [1.165, 1.54) is 0 Å². The number of anilines is 1. The van der Waals surface area contributed by atoms with Crippen LogP contribution in [0.25, 0.3) is 0 Å². The van der Waals surface area contributed by atoms with Crippen molar-refractivity contribution in [3.8, 4) is 0 Å². The van der Waals surface area contributed by atoms with Crippen molar-refractivity contribution in [1.82, 2.24) is 20.3 Å². The molecule has 3 N–H and O–H groups in total. The van der Waals surface area contributed by atoms with Crippen LogP contribution in [0.5, 0.6) is 0 Å². The Bertz CT molecular complexity index is 1200. The lowest BCUT2D eigenvalue weighted by molar-refractivity contribution is -0.138. The van der Waals surface area contributed by atoms with E-state index in [0.29, 0.717) is 50.7 Å². The van der Waals surface area contributed by atoms with E-state index in [1.54, 1.807) is 17.3 Å². The summed E-state index contributed by atoms with van der Waals surface area (Å²) < 4.78 is 6.14. The van der Waals surface area contributed by atoms with Gasteiger partial charge >= 0.3 is 0 Å². The van der Waals surface area contributed by atoms with Crippen molar-refractivity contribution in [2.24, 2.45) is 16.8 Å². The Kier molecular flexibility index (Phi) is 10.1. The highest BCUT2D eigenvalue weighted by atomic mass is 16.5. The van der Waals surface area contributed by atoms with Crippen LogP contribution in [-0.2, 0) is 9.53 Å². The third-order valence-corrected chi connectivity index (χ3v) is 8.54. The molecule has 3 heterocycles. The number of carbonyl (C=O) groups is 2. The molecule has 10 nitrogen and oxygen atoms in total. The fourth-order valence-electron chi connectivity index (χ4n) is 5.06. The second-order valence-corrected chi connectivity index (χ2v) is 11.7.